The predicted molar refractivity (Wildman–Crippen MR) is 119 cm³/mol. The van der Waals surface area contributed by atoms with Crippen molar-refractivity contribution in [2.45, 2.75) is 32.6 Å². The predicted octanol–water partition coefficient (Wildman–Crippen LogP) is 3.45. The monoisotopic (exact) mass is 425 g/mol. The van der Waals surface area contributed by atoms with Gasteiger partial charge >= 0.3 is 5.97 Å². The van der Waals surface area contributed by atoms with Gasteiger partial charge in [0, 0.05) is 43.3 Å². The summed E-state index contributed by atoms with van der Waals surface area (Å²) in [6.45, 7) is 4.96. The number of nitrogens with one attached hydrogen (secondary N) is 1. The van der Waals surface area contributed by atoms with Crippen LogP contribution in [-0.2, 0) is 9.53 Å². The van der Waals surface area contributed by atoms with Crippen molar-refractivity contribution in [1.82, 2.24) is 10.3 Å². The van der Waals surface area contributed by atoms with Crippen molar-refractivity contribution in [2.24, 2.45) is 5.92 Å². The third kappa shape index (κ3) is 7.27. The number of ether oxygens (including phenoxy) is 2. The van der Waals surface area contributed by atoms with Gasteiger partial charge in [-0.05, 0) is 61.6 Å². The Balaban J connectivity index is 1.36. The maximum atomic E-state index is 12.5. The maximum Gasteiger partial charge on any atom is 0.344 e. The fraction of sp³-hybridized carbons (Fsp3) is 0.458. The molecule has 1 amide bonds. The van der Waals surface area contributed by atoms with Crippen molar-refractivity contribution in [1.29, 1.82) is 0 Å². The fourth-order valence-corrected chi connectivity index (χ4v) is 3.51. The number of carbonyl (C=O) groups is 2. The molecule has 0 atom stereocenters. The van der Waals surface area contributed by atoms with Gasteiger partial charge in [-0.1, -0.05) is 13.3 Å². The van der Waals surface area contributed by atoms with Crippen LogP contribution in [0.2, 0.25) is 0 Å². The minimum absolute atomic E-state index is 0.0953. The Morgan fingerprint density at radius 1 is 1.10 bits per heavy atom. The fourth-order valence-electron chi connectivity index (χ4n) is 3.51. The molecule has 1 aliphatic rings. The van der Waals surface area contributed by atoms with Gasteiger partial charge in [-0.3, -0.25) is 9.78 Å². The summed E-state index contributed by atoms with van der Waals surface area (Å²) in [5, 5.41) is 3.04. The Morgan fingerprint density at radius 2 is 1.81 bits per heavy atom. The lowest BCUT2D eigenvalue weighted by Crippen LogP contribution is -2.38. The largest absolute Gasteiger partial charge is 0.482 e. The quantitative estimate of drug-likeness (QED) is 0.464. The van der Waals surface area contributed by atoms with E-state index in [0.29, 0.717) is 30.4 Å². The number of pyridine rings is 1. The molecule has 0 bridgehead atoms. The van der Waals surface area contributed by atoms with E-state index in [1.54, 1.807) is 24.3 Å². The van der Waals surface area contributed by atoms with E-state index in [4.69, 9.17) is 9.47 Å². The van der Waals surface area contributed by atoms with Crippen LogP contribution < -0.4 is 15.0 Å². The van der Waals surface area contributed by atoms with Crippen LogP contribution in [0, 0.1) is 5.92 Å². The maximum absolute atomic E-state index is 12.5. The number of hydrogen-bond donors (Lipinski definition) is 1. The van der Waals surface area contributed by atoms with E-state index < -0.39 is 0 Å². The lowest BCUT2D eigenvalue weighted by atomic mass is 9.96. The highest BCUT2D eigenvalue weighted by molar-refractivity contribution is 5.94. The van der Waals surface area contributed by atoms with Gasteiger partial charge in [-0.2, -0.15) is 0 Å². The first-order chi connectivity index (χ1) is 15.2. The topological polar surface area (TPSA) is 80.8 Å². The summed E-state index contributed by atoms with van der Waals surface area (Å²) in [5.41, 5.74) is 1.78. The molecule has 166 valence electrons. The number of aromatic nitrogens is 1. The number of anilines is 1. The van der Waals surface area contributed by atoms with Gasteiger partial charge in [-0.15, -0.1) is 0 Å². The van der Waals surface area contributed by atoms with E-state index in [1.807, 2.05) is 31.5 Å². The number of rotatable bonds is 10. The highest BCUT2D eigenvalue weighted by atomic mass is 16.6. The summed E-state index contributed by atoms with van der Waals surface area (Å²) >= 11 is 0. The van der Waals surface area contributed by atoms with E-state index in [1.165, 1.54) is 5.69 Å². The lowest BCUT2D eigenvalue weighted by Gasteiger charge is -2.33. The van der Waals surface area contributed by atoms with E-state index in [2.05, 4.69) is 15.2 Å². The van der Waals surface area contributed by atoms with Crippen molar-refractivity contribution in [3.63, 3.8) is 0 Å². The molecular weight excluding hydrogens is 394 g/mol. The average molecular weight is 426 g/mol. The third-order valence-corrected chi connectivity index (χ3v) is 5.43. The Bertz CT molecular complexity index is 818. The molecule has 0 radical (unpaired) electrons. The van der Waals surface area contributed by atoms with E-state index in [0.717, 1.165) is 38.8 Å². The van der Waals surface area contributed by atoms with Crippen LogP contribution in [0.4, 0.5) is 5.69 Å². The molecule has 2 heterocycles. The molecule has 0 spiro atoms. The first-order valence-electron chi connectivity index (χ1n) is 11.0. The van der Waals surface area contributed by atoms with E-state index in [-0.39, 0.29) is 18.5 Å². The first-order valence-corrected chi connectivity index (χ1v) is 11.0. The molecule has 3 rings (SSSR count). The Morgan fingerprint density at radius 3 is 2.48 bits per heavy atom. The van der Waals surface area contributed by atoms with Crippen LogP contribution in [0.15, 0.2) is 48.8 Å². The zero-order chi connectivity index (χ0) is 21.9. The molecule has 31 heavy (non-hydrogen) atoms. The third-order valence-electron chi connectivity index (χ3n) is 5.43. The van der Waals surface area contributed by atoms with Gasteiger partial charge in [0.05, 0.1) is 6.61 Å². The summed E-state index contributed by atoms with van der Waals surface area (Å²) in [6, 6.07) is 10.9. The minimum atomic E-state index is -0.384. The van der Waals surface area contributed by atoms with Crippen molar-refractivity contribution in [2.75, 3.05) is 37.7 Å². The second-order valence-electron chi connectivity index (χ2n) is 7.73. The smallest absolute Gasteiger partial charge is 0.344 e. The van der Waals surface area contributed by atoms with Crippen LogP contribution in [0.5, 0.6) is 5.75 Å². The van der Waals surface area contributed by atoms with E-state index >= 15 is 0 Å². The molecular formula is C24H31N3O4. The lowest BCUT2D eigenvalue weighted by molar-refractivity contribution is -0.146. The van der Waals surface area contributed by atoms with Crippen molar-refractivity contribution >= 4 is 17.6 Å². The number of nitrogens with zero attached hydrogens (tertiary/aromatic N) is 2. The Labute approximate surface area is 183 Å². The summed E-state index contributed by atoms with van der Waals surface area (Å²) in [6.07, 6.45) is 7.55. The summed E-state index contributed by atoms with van der Waals surface area (Å²) in [5.74, 6) is 0.531. The molecule has 1 saturated heterocycles. The van der Waals surface area contributed by atoms with Gasteiger partial charge in [0.1, 0.15) is 5.75 Å². The summed E-state index contributed by atoms with van der Waals surface area (Å²) in [4.78, 5) is 30.5. The number of amides is 1. The van der Waals surface area contributed by atoms with Crippen molar-refractivity contribution in [3.05, 3.63) is 54.4 Å². The van der Waals surface area contributed by atoms with Crippen molar-refractivity contribution in [3.8, 4) is 5.75 Å². The van der Waals surface area contributed by atoms with Gasteiger partial charge in [0.25, 0.3) is 5.91 Å². The highest BCUT2D eigenvalue weighted by Gasteiger charge is 2.20. The molecule has 1 fully saturated rings. The molecule has 1 aromatic heterocycles. The van der Waals surface area contributed by atoms with Crippen LogP contribution in [0.25, 0.3) is 0 Å². The molecule has 0 saturated carbocycles. The van der Waals surface area contributed by atoms with Gasteiger partial charge in [0.15, 0.2) is 6.61 Å². The van der Waals surface area contributed by atoms with Crippen LogP contribution >= 0.6 is 0 Å². The molecule has 1 aliphatic heterocycles. The van der Waals surface area contributed by atoms with Crippen LogP contribution in [-0.4, -0.2) is 49.7 Å². The Kier molecular flexibility index (Phi) is 8.70. The number of unbranched alkanes of at least 4 members (excludes halogenated alkanes) is 1. The first kappa shape index (κ1) is 22.6. The number of carbonyl (C=O) groups excluding carboxylic acids is 2. The second kappa shape index (κ2) is 11.9. The van der Waals surface area contributed by atoms with Crippen LogP contribution in [0.1, 0.15) is 43.0 Å². The molecule has 0 aliphatic carbocycles. The van der Waals surface area contributed by atoms with E-state index in [9.17, 15) is 9.59 Å². The Hall–Kier alpha value is -3.09. The normalized spacial score (nSPS) is 14.2. The van der Waals surface area contributed by atoms with Crippen molar-refractivity contribution < 1.29 is 19.1 Å². The SMILES string of the molecule is CCCCOC(=O)COc1ccc(C(=O)NCC2CCN(c3ccncc3)CC2)cc1. The number of esters is 1. The zero-order valence-electron chi connectivity index (χ0n) is 18.1. The summed E-state index contributed by atoms with van der Waals surface area (Å²) < 4.78 is 10.5. The molecule has 0 unspecified atom stereocenters. The minimum Gasteiger partial charge on any atom is -0.482 e. The zero-order valence-corrected chi connectivity index (χ0v) is 18.1. The molecule has 7 heteroatoms. The molecule has 1 aromatic carbocycles. The van der Waals surface area contributed by atoms with Gasteiger partial charge < -0.3 is 19.7 Å². The molecule has 7 nitrogen and oxygen atoms in total. The average Bonchev–Trinajstić information content (AvgIpc) is 2.82. The second-order valence-corrected chi connectivity index (χ2v) is 7.73. The van der Waals surface area contributed by atoms with Crippen LogP contribution in [0.3, 0.4) is 0 Å². The van der Waals surface area contributed by atoms with Gasteiger partial charge in [-0.25, -0.2) is 4.79 Å². The standard InChI is InChI=1S/C24H31N3O4/c1-2-3-16-30-23(28)18-31-22-6-4-20(5-7-22)24(29)26-17-19-10-14-27(15-11-19)21-8-12-25-13-9-21/h4-9,12-13,19H,2-3,10-11,14-18H2,1H3,(H,26,29). The molecule has 1 N–H and O–H groups in total. The van der Waals surface area contributed by atoms with Gasteiger partial charge in [0.2, 0.25) is 0 Å². The number of hydrogen-bond acceptors (Lipinski definition) is 6. The number of piperidine rings is 1. The highest BCUT2D eigenvalue weighted by Crippen LogP contribution is 2.22. The number of benzene rings is 1. The molecule has 2 aromatic rings. The summed E-state index contributed by atoms with van der Waals surface area (Å²) in [7, 11) is 0.